The van der Waals surface area contributed by atoms with Gasteiger partial charge in [0.05, 0.1) is 6.61 Å². The number of para-hydroxylation sites is 1. The number of nitrogens with zero attached hydrogens (tertiary/aromatic N) is 1. The lowest BCUT2D eigenvalue weighted by molar-refractivity contribution is 0.328. The quantitative estimate of drug-likeness (QED) is 0.736. The van der Waals surface area contributed by atoms with Gasteiger partial charge in [0.1, 0.15) is 10.6 Å². The molecule has 0 spiro atoms. The van der Waals surface area contributed by atoms with Crippen LogP contribution in [-0.2, 0) is 16.6 Å². The predicted molar refractivity (Wildman–Crippen MR) is 89.8 cm³/mol. The Balaban J connectivity index is 2.36. The van der Waals surface area contributed by atoms with Gasteiger partial charge in [-0.05, 0) is 47.9 Å². The van der Waals surface area contributed by atoms with E-state index in [0.717, 1.165) is 12.0 Å². The highest BCUT2D eigenvalue weighted by molar-refractivity contribution is 7.89. The summed E-state index contributed by atoms with van der Waals surface area (Å²) in [5, 5.41) is 3.94. The second kappa shape index (κ2) is 7.76. The molecule has 0 aliphatic heterocycles. The third-order valence-corrected chi connectivity index (χ3v) is 5.80. The van der Waals surface area contributed by atoms with Gasteiger partial charge in [0.2, 0.25) is 10.0 Å². The van der Waals surface area contributed by atoms with Gasteiger partial charge < -0.3 is 4.74 Å². The van der Waals surface area contributed by atoms with Crippen molar-refractivity contribution in [2.45, 2.75) is 31.7 Å². The third kappa shape index (κ3) is 3.88. The molecule has 120 valence electrons. The van der Waals surface area contributed by atoms with Gasteiger partial charge in [-0.2, -0.15) is 15.6 Å². The molecule has 0 saturated carbocycles. The zero-order valence-electron chi connectivity index (χ0n) is 12.9. The molecule has 2 rings (SSSR count). The number of ether oxygens (including phenoxy) is 1. The van der Waals surface area contributed by atoms with Gasteiger partial charge in [0, 0.05) is 13.1 Å². The minimum absolute atomic E-state index is 0.237. The maximum absolute atomic E-state index is 13.0. The van der Waals surface area contributed by atoms with Crippen molar-refractivity contribution in [3.8, 4) is 5.75 Å². The van der Waals surface area contributed by atoms with Crippen LogP contribution in [-0.4, -0.2) is 25.9 Å². The van der Waals surface area contributed by atoms with E-state index in [2.05, 4.69) is 0 Å². The normalized spacial score (nSPS) is 11.8. The van der Waals surface area contributed by atoms with Gasteiger partial charge in [0.25, 0.3) is 0 Å². The first kappa shape index (κ1) is 17.0. The van der Waals surface area contributed by atoms with Crippen molar-refractivity contribution in [1.29, 1.82) is 0 Å². The molecule has 0 aliphatic rings. The van der Waals surface area contributed by atoms with Crippen LogP contribution in [0.2, 0.25) is 0 Å². The Kier molecular flexibility index (Phi) is 5.99. The maximum Gasteiger partial charge on any atom is 0.247 e. The first-order valence-corrected chi connectivity index (χ1v) is 9.71. The van der Waals surface area contributed by atoms with Crippen LogP contribution in [0.1, 0.15) is 25.8 Å². The molecule has 0 fully saturated rings. The number of sulfonamides is 1. The van der Waals surface area contributed by atoms with Crippen LogP contribution in [0.4, 0.5) is 0 Å². The molecule has 2 aromatic rings. The van der Waals surface area contributed by atoms with Crippen LogP contribution < -0.4 is 4.74 Å². The van der Waals surface area contributed by atoms with Crippen LogP contribution in [0.25, 0.3) is 0 Å². The molecule has 6 heteroatoms. The molecule has 0 aliphatic carbocycles. The third-order valence-electron chi connectivity index (χ3n) is 3.18. The van der Waals surface area contributed by atoms with E-state index in [-0.39, 0.29) is 4.90 Å². The highest BCUT2D eigenvalue weighted by atomic mass is 32.2. The lowest BCUT2D eigenvalue weighted by atomic mass is 10.3. The fraction of sp³-hybridized carbons (Fsp3) is 0.375. The van der Waals surface area contributed by atoms with E-state index in [0.29, 0.717) is 25.4 Å². The molecule has 22 heavy (non-hydrogen) atoms. The Morgan fingerprint density at radius 3 is 2.59 bits per heavy atom. The predicted octanol–water partition coefficient (Wildman–Crippen LogP) is 3.75. The van der Waals surface area contributed by atoms with E-state index in [1.807, 2.05) is 30.7 Å². The second-order valence-electron chi connectivity index (χ2n) is 4.85. The molecule has 1 aromatic heterocycles. The number of hydrogen-bond donors (Lipinski definition) is 0. The first-order valence-electron chi connectivity index (χ1n) is 7.32. The number of benzene rings is 1. The lowest BCUT2D eigenvalue weighted by Gasteiger charge is -2.22. The van der Waals surface area contributed by atoms with Gasteiger partial charge in [-0.15, -0.1) is 0 Å². The number of hydrogen-bond acceptors (Lipinski definition) is 4. The molecule has 0 saturated heterocycles. The van der Waals surface area contributed by atoms with Gasteiger partial charge in [-0.25, -0.2) is 8.42 Å². The van der Waals surface area contributed by atoms with Crippen molar-refractivity contribution >= 4 is 21.4 Å². The minimum atomic E-state index is -3.58. The zero-order valence-corrected chi connectivity index (χ0v) is 14.5. The number of thiophene rings is 1. The fourth-order valence-corrected chi connectivity index (χ4v) is 4.51. The van der Waals surface area contributed by atoms with E-state index in [4.69, 9.17) is 4.74 Å². The van der Waals surface area contributed by atoms with Crippen molar-refractivity contribution in [2.75, 3.05) is 13.2 Å². The standard InChI is InChI=1S/C16H21NO3S2/c1-3-10-17(12-14-9-11-21-13-14)22(18,19)16-8-6-5-7-15(16)20-4-2/h5-9,11,13H,3-4,10,12H2,1-2H3. The van der Waals surface area contributed by atoms with E-state index in [9.17, 15) is 8.42 Å². The molecule has 0 atom stereocenters. The average Bonchev–Trinajstić information content (AvgIpc) is 3.01. The number of rotatable bonds is 8. The van der Waals surface area contributed by atoms with Crippen molar-refractivity contribution in [3.63, 3.8) is 0 Å². The van der Waals surface area contributed by atoms with Crippen molar-refractivity contribution in [3.05, 3.63) is 46.7 Å². The molecule has 0 amide bonds. The lowest BCUT2D eigenvalue weighted by Crippen LogP contribution is -2.31. The van der Waals surface area contributed by atoms with Crippen LogP contribution in [0, 0.1) is 0 Å². The van der Waals surface area contributed by atoms with E-state index in [1.54, 1.807) is 35.6 Å². The molecule has 0 bridgehead atoms. The van der Waals surface area contributed by atoms with E-state index in [1.165, 1.54) is 4.31 Å². The summed E-state index contributed by atoms with van der Waals surface area (Å²) >= 11 is 1.57. The smallest absolute Gasteiger partial charge is 0.247 e. The van der Waals surface area contributed by atoms with Crippen LogP contribution >= 0.6 is 11.3 Å². The molecular formula is C16H21NO3S2. The Bertz CT molecular complexity index is 681. The fourth-order valence-electron chi connectivity index (χ4n) is 2.20. The van der Waals surface area contributed by atoms with Crippen molar-refractivity contribution in [1.82, 2.24) is 4.31 Å². The Morgan fingerprint density at radius 1 is 1.18 bits per heavy atom. The average molecular weight is 339 g/mol. The Hall–Kier alpha value is -1.37. The highest BCUT2D eigenvalue weighted by Crippen LogP contribution is 2.28. The molecule has 0 radical (unpaired) electrons. The summed E-state index contributed by atoms with van der Waals surface area (Å²) in [6.45, 7) is 5.13. The Morgan fingerprint density at radius 2 is 1.95 bits per heavy atom. The summed E-state index contributed by atoms with van der Waals surface area (Å²) in [4.78, 5) is 0.237. The van der Waals surface area contributed by atoms with Crippen molar-refractivity contribution in [2.24, 2.45) is 0 Å². The molecule has 0 unspecified atom stereocenters. The van der Waals surface area contributed by atoms with Gasteiger partial charge in [-0.1, -0.05) is 19.1 Å². The van der Waals surface area contributed by atoms with Crippen molar-refractivity contribution < 1.29 is 13.2 Å². The summed E-state index contributed by atoms with van der Waals surface area (Å²) < 4.78 is 33.0. The van der Waals surface area contributed by atoms with E-state index < -0.39 is 10.0 Å². The summed E-state index contributed by atoms with van der Waals surface area (Å²) in [5.41, 5.74) is 1.01. The maximum atomic E-state index is 13.0. The molecule has 0 N–H and O–H groups in total. The first-order chi connectivity index (χ1) is 10.6. The largest absolute Gasteiger partial charge is 0.492 e. The molecular weight excluding hydrogens is 318 g/mol. The van der Waals surface area contributed by atoms with Crippen LogP contribution in [0.3, 0.4) is 0 Å². The zero-order chi connectivity index (χ0) is 16.0. The Labute approximate surface area is 136 Å². The molecule has 1 aromatic carbocycles. The second-order valence-corrected chi connectivity index (χ2v) is 7.54. The topological polar surface area (TPSA) is 46.6 Å². The van der Waals surface area contributed by atoms with Crippen LogP contribution in [0.5, 0.6) is 5.75 Å². The summed E-state index contributed by atoms with van der Waals surface area (Å²) in [6, 6.07) is 8.77. The summed E-state index contributed by atoms with van der Waals surface area (Å²) in [7, 11) is -3.58. The molecule has 4 nitrogen and oxygen atoms in total. The monoisotopic (exact) mass is 339 g/mol. The van der Waals surface area contributed by atoms with Gasteiger partial charge >= 0.3 is 0 Å². The molecule has 1 heterocycles. The summed E-state index contributed by atoms with van der Waals surface area (Å²) in [6.07, 6.45) is 0.764. The van der Waals surface area contributed by atoms with Gasteiger partial charge in [-0.3, -0.25) is 0 Å². The SMILES string of the molecule is CCCN(Cc1ccsc1)S(=O)(=O)c1ccccc1OCC. The van der Waals surface area contributed by atoms with Gasteiger partial charge in [0.15, 0.2) is 0 Å². The van der Waals surface area contributed by atoms with E-state index >= 15 is 0 Å². The minimum Gasteiger partial charge on any atom is -0.492 e. The van der Waals surface area contributed by atoms with Crippen LogP contribution in [0.15, 0.2) is 46.0 Å². The summed E-state index contributed by atoms with van der Waals surface area (Å²) in [5.74, 6) is 0.413. The highest BCUT2D eigenvalue weighted by Gasteiger charge is 2.27.